The van der Waals surface area contributed by atoms with Crippen molar-refractivity contribution < 1.29 is 17.9 Å². The highest BCUT2D eigenvalue weighted by molar-refractivity contribution is 6.16. The predicted molar refractivity (Wildman–Crippen MR) is 53.6 cm³/mol. The van der Waals surface area contributed by atoms with E-state index in [2.05, 4.69) is 14.9 Å². The number of aromatic nitrogens is 3. The first kappa shape index (κ1) is 12.6. The van der Waals surface area contributed by atoms with Gasteiger partial charge in [-0.05, 0) is 12.8 Å². The van der Waals surface area contributed by atoms with Crippen molar-refractivity contribution in [2.75, 3.05) is 6.61 Å². The van der Waals surface area contributed by atoms with Crippen LogP contribution in [-0.4, -0.2) is 27.5 Å². The van der Waals surface area contributed by atoms with Gasteiger partial charge in [-0.15, -0.1) is 21.8 Å². The van der Waals surface area contributed by atoms with Gasteiger partial charge >= 0.3 is 6.18 Å². The molecule has 96 valence electrons. The van der Waals surface area contributed by atoms with Crippen LogP contribution in [0.3, 0.4) is 0 Å². The van der Waals surface area contributed by atoms with Crippen LogP contribution in [0.5, 0.6) is 0 Å². The van der Waals surface area contributed by atoms with Crippen molar-refractivity contribution in [3.8, 4) is 0 Å². The van der Waals surface area contributed by atoms with Gasteiger partial charge < -0.3 is 9.30 Å². The van der Waals surface area contributed by atoms with Crippen LogP contribution in [0.4, 0.5) is 13.2 Å². The van der Waals surface area contributed by atoms with Crippen LogP contribution in [0.25, 0.3) is 0 Å². The van der Waals surface area contributed by atoms with Crippen LogP contribution in [0.1, 0.15) is 30.5 Å². The third-order valence-corrected chi connectivity index (χ3v) is 2.60. The molecule has 0 radical (unpaired) electrons. The lowest BCUT2D eigenvalue weighted by molar-refractivity contribution is -0.177. The van der Waals surface area contributed by atoms with Crippen molar-refractivity contribution >= 4 is 11.6 Å². The molecule has 2 rings (SSSR count). The number of rotatable bonds is 5. The summed E-state index contributed by atoms with van der Waals surface area (Å²) in [6.07, 6.45) is -2.36. The van der Waals surface area contributed by atoms with Gasteiger partial charge in [0.15, 0.2) is 5.82 Å². The highest BCUT2D eigenvalue weighted by Gasteiger charge is 2.31. The monoisotopic (exact) mass is 269 g/mol. The predicted octanol–water partition coefficient (Wildman–Crippen LogP) is 2.43. The Kier molecular flexibility index (Phi) is 3.58. The zero-order valence-electron chi connectivity index (χ0n) is 8.87. The molecule has 1 aliphatic carbocycles. The molecule has 17 heavy (non-hydrogen) atoms. The lowest BCUT2D eigenvalue weighted by Crippen LogP contribution is -2.18. The average molecular weight is 270 g/mol. The first-order valence-electron chi connectivity index (χ1n) is 5.14. The van der Waals surface area contributed by atoms with Crippen molar-refractivity contribution in [1.29, 1.82) is 0 Å². The van der Waals surface area contributed by atoms with E-state index in [0.717, 1.165) is 12.8 Å². The average Bonchev–Trinajstić information content (AvgIpc) is 2.99. The number of halogens is 4. The molecule has 4 nitrogen and oxygen atoms in total. The third kappa shape index (κ3) is 3.32. The molecule has 1 saturated carbocycles. The summed E-state index contributed by atoms with van der Waals surface area (Å²) in [5.41, 5.74) is 0. The van der Waals surface area contributed by atoms with Crippen LogP contribution in [0.2, 0.25) is 0 Å². The summed E-state index contributed by atoms with van der Waals surface area (Å²) >= 11 is 5.68. The van der Waals surface area contributed by atoms with Gasteiger partial charge in [-0.25, -0.2) is 0 Å². The zero-order chi connectivity index (χ0) is 12.5. The molecular formula is C9H11ClF3N3O. The smallest absolute Gasteiger partial charge is 0.364 e. The molecule has 0 N–H and O–H groups in total. The van der Waals surface area contributed by atoms with Gasteiger partial charge in [0.25, 0.3) is 0 Å². The Morgan fingerprint density at radius 3 is 2.47 bits per heavy atom. The van der Waals surface area contributed by atoms with Crippen molar-refractivity contribution in [3.05, 3.63) is 11.6 Å². The van der Waals surface area contributed by atoms with Crippen LogP contribution in [-0.2, 0) is 17.2 Å². The zero-order valence-corrected chi connectivity index (χ0v) is 9.63. The summed E-state index contributed by atoms with van der Waals surface area (Å²) in [6, 6.07) is 0.267. The van der Waals surface area contributed by atoms with E-state index in [1.54, 1.807) is 4.57 Å². The summed E-state index contributed by atoms with van der Waals surface area (Å²) in [4.78, 5) is 0. The second-order valence-corrected chi connectivity index (χ2v) is 4.14. The molecule has 8 heteroatoms. The third-order valence-electron chi connectivity index (χ3n) is 2.37. The van der Waals surface area contributed by atoms with E-state index in [4.69, 9.17) is 11.6 Å². The molecule has 1 aromatic heterocycles. The van der Waals surface area contributed by atoms with E-state index >= 15 is 0 Å². The van der Waals surface area contributed by atoms with Crippen molar-refractivity contribution in [1.82, 2.24) is 14.8 Å². The maximum absolute atomic E-state index is 11.9. The topological polar surface area (TPSA) is 39.9 Å². The molecular weight excluding hydrogens is 259 g/mol. The number of hydrogen-bond donors (Lipinski definition) is 0. The van der Waals surface area contributed by atoms with Gasteiger partial charge in [0.05, 0.1) is 5.88 Å². The lowest BCUT2D eigenvalue weighted by Gasteiger charge is -2.09. The standard InChI is InChI=1S/C9H11ClF3N3O/c10-3-7-14-15-8(16(7)6-1-2-6)4-17-5-9(11,12)13/h6H,1-5H2. The molecule has 1 aliphatic rings. The molecule has 0 spiro atoms. The fourth-order valence-electron chi connectivity index (χ4n) is 1.56. The minimum Gasteiger partial charge on any atom is -0.364 e. The van der Waals surface area contributed by atoms with Gasteiger partial charge in [0.1, 0.15) is 19.0 Å². The Hall–Kier alpha value is -0.820. The summed E-state index contributed by atoms with van der Waals surface area (Å²) in [5.74, 6) is 1.19. The van der Waals surface area contributed by atoms with Gasteiger partial charge in [-0.2, -0.15) is 13.2 Å². The van der Waals surface area contributed by atoms with Gasteiger partial charge in [-0.3, -0.25) is 0 Å². The van der Waals surface area contributed by atoms with E-state index < -0.39 is 12.8 Å². The Morgan fingerprint density at radius 2 is 1.94 bits per heavy atom. The minimum absolute atomic E-state index is 0.195. The van der Waals surface area contributed by atoms with Gasteiger partial charge in [-0.1, -0.05) is 0 Å². The summed E-state index contributed by atoms with van der Waals surface area (Å²) < 4.78 is 42.1. The molecule has 0 amide bonds. The molecule has 1 aromatic rings. The maximum Gasteiger partial charge on any atom is 0.411 e. The fourth-order valence-corrected chi connectivity index (χ4v) is 1.74. The highest BCUT2D eigenvalue weighted by Crippen LogP contribution is 2.37. The van der Waals surface area contributed by atoms with Crippen molar-refractivity contribution in [3.63, 3.8) is 0 Å². The lowest BCUT2D eigenvalue weighted by atomic mass is 10.5. The maximum atomic E-state index is 11.9. The van der Waals surface area contributed by atoms with E-state index in [-0.39, 0.29) is 18.5 Å². The van der Waals surface area contributed by atoms with Crippen LogP contribution >= 0.6 is 11.6 Å². The normalized spacial score (nSPS) is 16.5. The minimum atomic E-state index is -4.32. The summed E-state index contributed by atoms with van der Waals surface area (Å²) in [5, 5.41) is 7.63. The van der Waals surface area contributed by atoms with E-state index in [9.17, 15) is 13.2 Å². The molecule has 0 bridgehead atoms. The van der Waals surface area contributed by atoms with Gasteiger partial charge in [0.2, 0.25) is 0 Å². The first-order chi connectivity index (χ1) is 8.01. The Morgan fingerprint density at radius 1 is 1.29 bits per heavy atom. The molecule has 0 atom stereocenters. The molecule has 0 aliphatic heterocycles. The van der Waals surface area contributed by atoms with Crippen LogP contribution < -0.4 is 0 Å². The van der Waals surface area contributed by atoms with Crippen molar-refractivity contribution in [2.45, 2.75) is 37.5 Å². The van der Waals surface area contributed by atoms with Crippen LogP contribution in [0, 0.1) is 0 Å². The Labute approximate surface area is 101 Å². The Bertz CT molecular complexity index is 389. The summed E-state index contributed by atoms with van der Waals surface area (Å²) in [6.45, 7) is -1.47. The number of nitrogens with zero attached hydrogens (tertiary/aromatic N) is 3. The second-order valence-electron chi connectivity index (χ2n) is 3.88. The quantitative estimate of drug-likeness (QED) is 0.771. The SMILES string of the molecule is FC(F)(F)COCc1nnc(CCl)n1C1CC1. The van der Waals surface area contributed by atoms with E-state index in [1.165, 1.54) is 0 Å². The highest BCUT2D eigenvalue weighted by atomic mass is 35.5. The van der Waals surface area contributed by atoms with Crippen molar-refractivity contribution in [2.24, 2.45) is 0 Å². The molecule has 1 fully saturated rings. The fraction of sp³-hybridized carbons (Fsp3) is 0.778. The first-order valence-corrected chi connectivity index (χ1v) is 5.68. The van der Waals surface area contributed by atoms with Crippen LogP contribution in [0.15, 0.2) is 0 Å². The Balaban J connectivity index is 1.98. The van der Waals surface area contributed by atoms with E-state index in [0.29, 0.717) is 11.6 Å². The van der Waals surface area contributed by atoms with Gasteiger partial charge in [0, 0.05) is 6.04 Å². The molecule has 0 aromatic carbocycles. The largest absolute Gasteiger partial charge is 0.411 e. The summed E-state index contributed by atoms with van der Waals surface area (Å²) in [7, 11) is 0. The second kappa shape index (κ2) is 4.81. The molecule has 0 unspecified atom stereocenters. The van der Waals surface area contributed by atoms with E-state index in [1.807, 2.05) is 0 Å². The molecule has 1 heterocycles. The number of alkyl halides is 4. The number of ether oxygens (including phenoxy) is 1. The number of hydrogen-bond acceptors (Lipinski definition) is 3. The molecule has 0 saturated heterocycles.